The van der Waals surface area contributed by atoms with E-state index in [0.29, 0.717) is 55.7 Å². The quantitative estimate of drug-likeness (QED) is 0.864. The minimum absolute atomic E-state index is 0.0239. The highest BCUT2D eigenvalue weighted by atomic mass is 35.5. The lowest BCUT2D eigenvalue weighted by Crippen LogP contribution is -2.26. The van der Waals surface area contributed by atoms with Gasteiger partial charge < -0.3 is 14.8 Å². The highest BCUT2D eigenvalue weighted by molar-refractivity contribution is 6.32. The van der Waals surface area contributed by atoms with E-state index >= 15 is 0 Å². The first-order valence-electron chi connectivity index (χ1n) is 7.39. The molecule has 1 aliphatic heterocycles. The smallest absolute Gasteiger partial charge is 0.221 e. The summed E-state index contributed by atoms with van der Waals surface area (Å²) in [5, 5.41) is 7.37. The van der Waals surface area contributed by atoms with E-state index in [0.717, 1.165) is 5.56 Å². The Balaban J connectivity index is 1.47. The van der Waals surface area contributed by atoms with Crippen molar-refractivity contribution < 1.29 is 14.3 Å². The van der Waals surface area contributed by atoms with Gasteiger partial charge in [-0.1, -0.05) is 11.6 Å². The van der Waals surface area contributed by atoms with Crippen molar-refractivity contribution in [1.82, 2.24) is 20.1 Å². The van der Waals surface area contributed by atoms with Crippen molar-refractivity contribution in [2.24, 2.45) is 0 Å². The van der Waals surface area contributed by atoms with E-state index in [1.54, 1.807) is 11.0 Å². The van der Waals surface area contributed by atoms with Crippen LogP contribution in [0.5, 0.6) is 11.5 Å². The van der Waals surface area contributed by atoms with Crippen LogP contribution in [0.1, 0.15) is 12.0 Å². The number of carbonyl (C=O) groups excluding carboxylic acids is 1. The number of fused-ring (bicyclic) bond motifs is 1. The van der Waals surface area contributed by atoms with Gasteiger partial charge in [0, 0.05) is 13.0 Å². The topological polar surface area (TPSA) is 78.3 Å². The molecule has 2 heterocycles. The first kappa shape index (κ1) is 15.6. The SMILES string of the molecule is O=C(CCn1cncn1)NCCc1cc(Cl)c2c(c1)OCCO2. The minimum Gasteiger partial charge on any atom is -0.486 e. The van der Waals surface area contributed by atoms with Crippen LogP contribution in [0.15, 0.2) is 24.8 Å². The molecule has 0 radical (unpaired) electrons. The van der Waals surface area contributed by atoms with Crippen LogP contribution >= 0.6 is 11.6 Å². The zero-order valence-electron chi connectivity index (χ0n) is 12.5. The molecular formula is C15H17ClN4O3. The van der Waals surface area contributed by atoms with Crippen molar-refractivity contribution >= 4 is 17.5 Å². The Morgan fingerprint density at radius 3 is 3.04 bits per heavy atom. The third kappa shape index (κ3) is 4.13. The molecule has 0 unspecified atom stereocenters. The molecule has 0 saturated carbocycles. The van der Waals surface area contributed by atoms with Gasteiger partial charge in [0.1, 0.15) is 25.9 Å². The lowest BCUT2D eigenvalue weighted by atomic mass is 10.1. The maximum absolute atomic E-state index is 11.8. The Morgan fingerprint density at radius 2 is 2.22 bits per heavy atom. The Kier molecular flexibility index (Phi) is 4.97. The Labute approximate surface area is 138 Å². The lowest BCUT2D eigenvalue weighted by Gasteiger charge is -2.20. The van der Waals surface area contributed by atoms with Gasteiger partial charge in [-0.3, -0.25) is 9.48 Å². The fourth-order valence-corrected chi connectivity index (χ4v) is 2.60. The molecule has 1 aromatic heterocycles. The maximum Gasteiger partial charge on any atom is 0.221 e. The summed E-state index contributed by atoms with van der Waals surface area (Å²) < 4.78 is 12.6. The van der Waals surface area contributed by atoms with Gasteiger partial charge in [-0.15, -0.1) is 0 Å². The molecule has 0 aliphatic carbocycles. The zero-order chi connectivity index (χ0) is 16.1. The number of hydrogen-bond acceptors (Lipinski definition) is 5. The maximum atomic E-state index is 11.8. The highest BCUT2D eigenvalue weighted by Gasteiger charge is 2.16. The molecule has 1 N–H and O–H groups in total. The van der Waals surface area contributed by atoms with Crippen LogP contribution in [0.3, 0.4) is 0 Å². The molecule has 23 heavy (non-hydrogen) atoms. The molecule has 0 saturated heterocycles. The van der Waals surface area contributed by atoms with E-state index in [-0.39, 0.29) is 5.91 Å². The number of aryl methyl sites for hydroxylation is 1. The predicted octanol–water partition coefficient (Wildman–Crippen LogP) is 1.45. The van der Waals surface area contributed by atoms with Gasteiger partial charge in [-0.05, 0) is 24.1 Å². The molecule has 1 aromatic carbocycles. The van der Waals surface area contributed by atoms with E-state index < -0.39 is 0 Å². The number of aromatic nitrogens is 3. The minimum atomic E-state index is -0.0239. The molecule has 1 aliphatic rings. The number of hydrogen-bond donors (Lipinski definition) is 1. The average molecular weight is 337 g/mol. The van der Waals surface area contributed by atoms with Crippen molar-refractivity contribution in [3.63, 3.8) is 0 Å². The zero-order valence-corrected chi connectivity index (χ0v) is 13.3. The number of halogens is 1. The van der Waals surface area contributed by atoms with Crippen LogP contribution in [-0.2, 0) is 17.8 Å². The summed E-state index contributed by atoms with van der Waals surface area (Å²) in [5.41, 5.74) is 0.996. The second-order valence-corrected chi connectivity index (χ2v) is 5.52. The number of carbonyl (C=O) groups is 1. The van der Waals surface area contributed by atoms with Crippen LogP contribution in [-0.4, -0.2) is 40.4 Å². The van der Waals surface area contributed by atoms with E-state index in [1.807, 2.05) is 12.1 Å². The number of amides is 1. The van der Waals surface area contributed by atoms with Crippen molar-refractivity contribution in [3.05, 3.63) is 35.4 Å². The number of rotatable bonds is 6. The molecule has 0 fully saturated rings. The van der Waals surface area contributed by atoms with Crippen molar-refractivity contribution in [3.8, 4) is 11.5 Å². The summed E-state index contributed by atoms with van der Waals surface area (Å²) in [6.07, 6.45) is 4.07. The number of benzene rings is 1. The van der Waals surface area contributed by atoms with E-state index in [9.17, 15) is 4.79 Å². The molecule has 0 atom stereocenters. The van der Waals surface area contributed by atoms with Gasteiger partial charge in [-0.2, -0.15) is 5.10 Å². The fraction of sp³-hybridized carbons (Fsp3) is 0.400. The highest BCUT2D eigenvalue weighted by Crippen LogP contribution is 2.38. The Hall–Kier alpha value is -2.28. The molecule has 0 bridgehead atoms. The van der Waals surface area contributed by atoms with Crippen LogP contribution < -0.4 is 14.8 Å². The summed E-state index contributed by atoms with van der Waals surface area (Å²) in [6.45, 7) is 2.08. The molecule has 0 spiro atoms. The Bertz CT molecular complexity index is 676. The molecule has 122 valence electrons. The molecular weight excluding hydrogens is 320 g/mol. The molecule has 8 heteroatoms. The number of nitrogens with zero attached hydrogens (tertiary/aromatic N) is 3. The van der Waals surface area contributed by atoms with Gasteiger partial charge in [-0.25, -0.2) is 4.98 Å². The van der Waals surface area contributed by atoms with Gasteiger partial charge >= 0.3 is 0 Å². The standard InChI is InChI=1S/C15H17ClN4O3/c16-12-7-11(8-13-15(12)23-6-5-22-13)1-3-18-14(21)2-4-20-10-17-9-19-20/h7-10H,1-6H2,(H,18,21). The van der Waals surface area contributed by atoms with E-state index in [1.165, 1.54) is 6.33 Å². The van der Waals surface area contributed by atoms with Crippen molar-refractivity contribution in [1.29, 1.82) is 0 Å². The average Bonchev–Trinajstić information content (AvgIpc) is 3.06. The summed E-state index contributed by atoms with van der Waals surface area (Å²) in [6, 6.07) is 3.75. The number of ether oxygens (including phenoxy) is 2. The lowest BCUT2D eigenvalue weighted by molar-refractivity contribution is -0.121. The molecule has 2 aromatic rings. The van der Waals surface area contributed by atoms with Crippen molar-refractivity contribution in [2.75, 3.05) is 19.8 Å². The predicted molar refractivity (Wildman–Crippen MR) is 83.8 cm³/mol. The molecule has 7 nitrogen and oxygen atoms in total. The normalized spacial score (nSPS) is 12.9. The monoisotopic (exact) mass is 336 g/mol. The Morgan fingerprint density at radius 1 is 1.35 bits per heavy atom. The molecule has 3 rings (SSSR count). The van der Waals surface area contributed by atoms with Gasteiger partial charge in [0.2, 0.25) is 5.91 Å². The van der Waals surface area contributed by atoms with Crippen LogP contribution in [0.25, 0.3) is 0 Å². The third-order valence-electron chi connectivity index (χ3n) is 3.43. The third-order valence-corrected chi connectivity index (χ3v) is 3.71. The van der Waals surface area contributed by atoms with Gasteiger partial charge in [0.05, 0.1) is 11.6 Å². The molecule has 1 amide bonds. The second kappa shape index (κ2) is 7.32. The first-order chi connectivity index (χ1) is 11.2. The second-order valence-electron chi connectivity index (χ2n) is 5.11. The largest absolute Gasteiger partial charge is 0.486 e. The first-order valence-corrected chi connectivity index (χ1v) is 7.77. The summed E-state index contributed by atoms with van der Waals surface area (Å²) in [7, 11) is 0. The van der Waals surface area contributed by atoms with Crippen LogP contribution in [0, 0.1) is 0 Å². The van der Waals surface area contributed by atoms with Gasteiger partial charge in [0.25, 0.3) is 0 Å². The van der Waals surface area contributed by atoms with E-state index in [2.05, 4.69) is 15.4 Å². The van der Waals surface area contributed by atoms with Crippen molar-refractivity contribution in [2.45, 2.75) is 19.4 Å². The van der Waals surface area contributed by atoms with E-state index in [4.69, 9.17) is 21.1 Å². The van der Waals surface area contributed by atoms with Gasteiger partial charge in [0.15, 0.2) is 11.5 Å². The summed E-state index contributed by atoms with van der Waals surface area (Å²) in [4.78, 5) is 15.6. The fourth-order valence-electron chi connectivity index (χ4n) is 2.31. The summed E-state index contributed by atoms with van der Waals surface area (Å²) >= 11 is 6.19. The van der Waals surface area contributed by atoms with Crippen LogP contribution in [0.4, 0.5) is 0 Å². The van der Waals surface area contributed by atoms with Crippen LogP contribution in [0.2, 0.25) is 5.02 Å². The summed E-state index contributed by atoms with van der Waals surface area (Å²) in [5.74, 6) is 1.24. The number of nitrogens with one attached hydrogen (secondary N) is 1.